The van der Waals surface area contributed by atoms with Gasteiger partial charge in [-0.25, -0.2) is 17.9 Å². The fourth-order valence-electron chi connectivity index (χ4n) is 1.43. The first-order valence-electron chi connectivity index (χ1n) is 5.92. The van der Waals surface area contributed by atoms with E-state index in [2.05, 4.69) is 15.9 Å². The van der Waals surface area contributed by atoms with E-state index < -0.39 is 28.1 Å². The van der Waals surface area contributed by atoms with Crippen molar-refractivity contribution in [2.75, 3.05) is 20.8 Å². The molecule has 1 aromatic carbocycles. The minimum atomic E-state index is -4.12. The number of rotatable bonds is 7. The van der Waals surface area contributed by atoms with Gasteiger partial charge in [0.15, 0.2) is 5.60 Å². The van der Waals surface area contributed by atoms with Crippen LogP contribution in [0.5, 0.6) is 11.5 Å². The molecule has 0 radical (unpaired) electrons. The van der Waals surface area contributed by atoms with Crippen molar-refractivity contribution in [3.63, 3.8) is 0 Å². The van der Waals surface area contributed by atoms with E-state index in [1.165, 1.54) is 26.4 Å². The molecule has 0 heterocycles. The monoisotopic (exact) mass is 397 g/mol. The van der Waals surface area contributed by atoms with Crippen LogP contribution in [0.3, 0.4) is 0 Å². The average Bonchev–Trinajstić information content (AvgIpc) is 2.44. The molecular formula is C12H16BrNO7S. The zero-order chi connectivity index (χ0) is 17.1. The molecule has 124 valence electrons. The number of sulfonamides is 1. The highest BCUT2D eigenvalue weighted by molar-refractivity contribution is 9.10. The van der Waals surface area contributed by atoms with Crippen LogP contribution in [0, 0.1) is 0 Å². The second kappa shape index (κ2) is 6.82. The number of ether oxygens (including phenoxy) is 2. The maximum atomic E-state index is 12.3. The third-order valence-corrected chi connectivity index (χ3v) is 4.84. The highest BCUT2D eigenvalue weighted by Gasteiger charge is 2.32. The number of carboxylic acids is 1. The summed E-state index contributed by atoms with van der Waals surface area (Å²) in [4.78, 5) is 10.6. The standard InChI is InChI=1S/C12H16BrNO7S/c1-12(17,11(15)16)6-14-22(18,19)10-5-8(20-2)7(13)4-9(10)21-3/h4-5,14,17H,6H2,1-3H3,(H,15,16). The lowest BCUT2D eigenvalue weighted by Crippen LogP contribution is -2.46. The predicted molar refractivity (Wildman–Crippen MR) is 80.7 cm³/mol. The molecule has 10 heteroatoms. The Morgan fingerprint density at radius 1 is 1.32 bits per heavy atom. The summed E-state index contributed by atoms with van der Waals surface area (Å²) in [6, 6.07) is 2.63. The summed E-state index contributed by atoms with van der Waals surface area (Å²) in [7, 11) is -1.46. The van der Waals surface area contributed by atoms with Crippen LogP contribution < -0.4 is 14.2 Å². The summed E-state index contributed by atoms with van der Waals surface area (Å²) in [6.45, 7) is 0.281. The second-order valence-corrected chi connectivity index (χ2v) is 7.13. The number of carboxylic acid groups (broad SMARTS) is 1. The largest absolute Gasteiger partial charge is 0.496 e. The molecule has 0 aromatic heterocycles. The Bertz CT molecular complexity index is 672. The SMILES string of the molecule is COc1cc(S(=O)(=O)NCC(C)(O)C(=O)O)c(OC)cc1Br. The Morgan fingerprint density at radius 2 is 1.86 bits per heavy atom. The molecule has 0 aliphatic carbocycles. The molecule has 1 rings (SSSR count). The zero-order valence-corrected chi connectivity index (χ0v) is 14.5. The van der Waals surface area contributed by atoms with Gasteiger partial charge >= 0.3 is 5.97 Å². The summed E-state index contributed by atoms with van der Waals surface area (Å²) >= 11 is 3.20. The fraction of sp³-hybridized carbons (Fsp3) is 0.417. The van der Waals surface area contributed by atoms with Crippen molar-refractivity contribution in [2.45, 2.75) is 17.4 Å². The zero-order valence-electron chi connectivity index (χ0n) is 12.1. The molecule has 0 amide bonds. The number of benzene rings is 1. The number of carbonyl (C=O) groups is 1. The van der Waals surface area contributed by atoms with Gasteiger partial charge in [0, 0.05) is 6.07 Å². The van der Waals surface area contributed by atoms with Crippen molar-refractivity contribution in [3.8, 4) is 11.5 Å². The van der Waals surface area contributed by atoms with Gasteiger partial charge in [-0.15, -0.1) is 0 Å². The Morgan fingerprint density at radius 3 is 2.32 bits per heavy atom. The molecular weight excluding hydrogens is 382 g/mol. The predicted octanol–water partition coefficient (Wildman–Crippen LogP) is 0.580. The number of hydrogen-bond acceptors (Lipinski definition) is 6. The third-order valence-electron chi connectivity index (χ3n) is 2.79. The molecule has 0 bridgehead atoms. The maximum Gasteiger partial charge on any atom is 0.336 e. The van der Waals surface area contributed by atoms with E-state index in [-0.39, 0.29) is 16.4 Å². The van der Waals surface area contributed by atoms with Crippen LogP contribution in [0.1, 0.15) is 6.92 Å². The first kappa shape index (κ1) is 18.7. The summed E-state index contributed by atoms with van der Waals surface area (Å²) < 4.78 is 37.1. The minimum absolute atomic E-state index is 0.0372. The molecule has 8 nitrogen and oxygen atoms in total. The van der Waals surface area contributed by atoms with E-state index in [1.54, 1.807) is 0 Å². The molecule has 0 saturated carbocycles. The van der Waals surface area contributed by atoms with E-state index >= 15 is 0 Å². The second-order valence-electron chi connectivity index (χ2n) is 4.54. The van der Waals surface area contributed by atoms with Crippen molar-refractivity contribution in [1.82, 2.24) is 4.72 Å². The van der Waals surface area contributed by atoms with Crippen molar-refractivity contribution in [1.29, 1.82) is 0 Å². The number of halogens is 1. The number of aliphatic hydroxyl groups is 1. The normalized spacial score (nSPS) is 14.2. The van der Waals surface area contributed by atoms with Crippen molar-refractivity contribution in [3.05, 3.63) is 16.6 Å². The molecule has 0 aliphatic rings. The quantitative estimate of drug-likeness (QED) is 0.614. The Labute approximate surface area is 136 Å². The summed E-state index contributed by atoms with van der Waals surface area (Å²) in [5.74, 6) is -1.25. The van der Waals surface area contributed by atoms with Gasteiger partial charge in [0.2, 0.25) is 10.0 Å². The van der Waals surface area contributed by atoms with Crippen LogP contribution in [-0.2, 0) is 14.8 Å². The van der Waals surface area contributed by atoms with Gasteiger partial charge in [0.05, 0.1) is 25.2 Å². The average molecular weight is 398 g/mol. The van der Waals surface area contributed by atoms with Crippen molar-refractivity contribution < 1.29 is 32.9 Å². The van der Waals surface area contributed by atoms with Crippen LogP contribution in [0.4, 0.5) is 0 Å². The summed E-state index contributed by atoms with van der Waals surface area (Å²) in [6.07, 6.45) is 0. The smallest absolute Gasteiger partial charge is 0.336 e. The fourth-order valence-corrected chi connectivity index (χ4v) is 3.21. The molecule has 0 saturated heterocycles. The summed E-state index contributed by atoms with van der Waals surface area (Å²) in [5.41, 5.74) is -2.24. The first-order valence-corrected chi connectivity index (χ1v) is 8.19. The summed E-state index contributed by atoms with van der Waals surface area (Å²) in [5, 5.41) is 18.4. The highest BCUT2D eigenvalue weighted by atomic mass is 79.9. The van der Waals surface area contributed by atoms with E-state index in [4.69, 9.17) is 14.6 Å². The molecule has 3 N–H and O–H groups in total. The van der Waals surface area contributed by atoms with Gasteiger partial charge < -0.3 is 19.7 Å². The molecule has 1 aromatic rings. The van der Waals surface area contributed by atoms with Crippen molar-refractivity contribution >= 4 is 31.9 Å². The molecule has 0 fully saturated rings. The highest BCUT2D eigenvalue weighted by Crippen LogP contribution is 2.35. The lowest BCUT2D eigenvalue weighted by molar-refractivity contribution is -0.155. The molecule has 0 aliphatic heterocycles. The Balaban J connectivity index is 3.20. The number of aliphatic carboxylic acids is 1. The lowest BCUT2D eigenvalue weighted by Gasteiger charge is -2.19. The van der Waals surface area contributed by atoms with Crippen molar-refractivity contribution in [2.24, 2.45) is 0 Å². The molecule has 0 spiro atoms. The third kappa shape index (κ3) is 4.09. The van der Waals surface area contributed by atoms with Crippen LogP contribution >= 0.6 is 15.9 Å². The Hall–Kier alpha value is -1.36. The number of methoxy groups -OCH3 is 2. The van der Waals surface area contributed by atoms with Gasteiger partial charge in [0.25, 0.3) is 0 Å². The lowest BCUT2D eigenvalue weighted by atomic mass is 10.1. The van der Waals surface area contributed by atoms with Crippen LogP contribution in [0.15, 0.2) is 21.5 Å². The topological polar surface area (TPSA) is 122 Å². The van der Waals surface area contributed by atoms with E-state index in [0.29, 0.717) is 4.47 Å². The Kier molecular flexibility index (Phi) is 5.79. The van der Waals surface area contributed by atoms with Crippen LogP contribution in [0.2, 0.25) is 0 Å². The first-order chi connectivity index (χ1) is 10.0. The van der Waals surface area contributed by atoms with Crippen LogP contribution in [0.25, 0.3) is 0 Å². The van der Waals surface area contributed by atoms with E-state index in [1.807, 2.05) is 4.72 Å². The van der Waals surface area contributed by atoms with Gasteiger partial charge in [0.1, 0.15) is 16.4 Å². The van der Waals surface area contributed by atoms with E-state index in [0.717, 1.165) is 6.92 Å². The van der Waals surface area contributed by atoms with Gasteiger partial charge in [-0.3, -0.25) is 0 Å². The van der Waals surface area contributed by atoms with Gasteiger partial charge in [-0.2, -0.15) is 0 Å². The molecule has 1 atom stereocenters. The molecule has 22 heavy (non-hydrogen) atoms. The maximum absolute atomic E-state index is 12.3. The minimum Gasteiger partial charge on any atom is -0.496 e. The number of hydrogen-bond donors (Lipinski definition) is 3. The van der Waals surface area contributed by atoms with Gasteiger partial charge in [-0.1, -0.05) is 0 Å². The van der Waals surface area contributed by atoms with Gasteiger partial charge in [-0.05, 0) is 28.9 Å². The van der Waals surface area contributed by atoms with Crippen LogP contribution in [-0.4, -0.2) is 51.0 Å². The molecule has 1 unspecified atom stereocenters. The number of nitrogens with one attached hydrogen (secondary N) is 1. The van der Waals surface area contributed by atoms with E-state index in [9.17, 15) is 18.3 Å².